The third-order valence-electron chi connectivity index (χ3n) is 10.1. The van der Waals surface area contributed by atoms with Gasteiger partial charge in [-0.2, -0.15) is 0 Å². The Kier molecular flexibility index (Phi) is 5.06. The molecule has 0 aliphatic heterocycles. The van der Waals surface area contributed by atoms with Crippen LogP contribution in [-0.4, -0.2) is 9.97 Å². The molecule has 0 amide bonds. The van der Waals surface area contributed by atoms with Gasteiger partial charge in [0.25, 0.3) is 0 Å². The molecule has 0 atom stereocenters. The SMILES string of the molecule is CC1(C)c2ccccc2-c2ccc(-c3nc(-c4ccc5ccccc5c4)c4ccc5oc6c7ccccc7ccc6c5c4n3)cc21. The van der Waals surface area contributed by atoms with E-state index in [1.807, 2.05) is 0 Å². The van der Waals surface area contributed by atoms with Gasteiger partial charge < -0.3 is 4.42 Å². The van der Waals surface area contributed by atoms with E-state index >= 15 is 0 Å². The van der Waals surface area contributed by atoms with E-state index < -0.39 is 0 Å². The normalized spacial score (nSPS) is 13.6. The van der Waals surface area contributed by atoms with Crippen molar-refractivity contribution in [3.8, 4) is 33.8 Å². The molecule has 9 aromatic rings. The van der Waals surface area contributed by atoms with Gasteiger partial charge in [0.2, 0.25) is 0 Å². The highest BCUT2D eigenvalue weighted by atomic mass is 16.3. The molecule has 2 aromatic heterocycles. The second-order valence-electron chi connectivity index (χ2n) is 13.0. The lowest BCUT2D eigenvalue weighted by atomic mass is 9.82. The topological polar surface area (TPSA) is 38.9 Å². The van der Waals surface area contributed by atoms with Crippen LogP contribution in [-0.2, 0) is 5.41 Å². The van der Waals surface area contributed by atoms with Gasteiger partial charge in [0.1, 0.15) is 11.2 Å². The van der Waals surface area contributed by atoms with Crippen molar-refractivity contribution in [2.75, 3.05) is 0 Å². The molecule has 3 nitrogen and oxygen atoms in total. The minimum Gasteiger partial charge on any atom is -0.455 e. The largest absolute Gasteiger partial charge is 0.455 e. The minimum absolute atomic E-state index is 0.116. The summed E-state index contributed by atoms with van der Waals surface area (Å²) in [6, 6.07) is 47.6. The van der Waals surface area contributed by atoms with Crippen molar-refractivity contribution in [2.24, 2.45) is 0 Å². The van der Waals surface area contributed by atoms with Crippen molar-refractivity contribution in [1.29, 1.82) is 0 Å². The Hall–Kier alpha value is -5.80. The van der Waals surface area contributed by atoms with E-state index in [0.29, 0.717) is 5.82 Å². The molecule has 46 heavy (non-hydrogen) atoms. The summed E-state index contributed by atoms with van der Waals surface area (Å²) in [5.41, 5.74) is 10.8. The first kappa shape index (κ1) is 25.5. The monoisotopic (exact) mass is 588 g/mol. The second kappa shape index (κ2) is 9.12. The van der Waals surface area contributed by atoms with Gasteiger partial charge >= 0.3 is 0 Å². The van der Waals surface area contributed by atoms with Gasteiger partial charge in [-0.25, -0.2) is 9.97 Å². The molecule has 216 valence electrons. The van der Waals surface area contributed by atoms with Gasteiger partial charge in [0, 0.05) is 32.7 Å². The Morgan fingerprint density at radius 3 is 2.15 bits per heavy atom. The van der Waals surface area contributed by atoms with E-state index in [4.69, 9.17) is 14.4 Å². The molecule has 0 N–H and O–H groups in total. The van der Waals surface area contributed by atoms with Gasteiger partial charge in [-0.15, -0.1) is 0 Å². The molecular formula is C43H28N2O. The van der Waals surface area contributed by atoms with Gasteiger partial charge in [-0.3, -0.25) is 0 Å². The van der Waals surface area contributed by atoms with Crippen molar-refractivity contribution in [1.82, 2.24) is 9.97 Å². The van der Waals surface area contributed by atoms with Crippen molar-refractivity contribution < 1.29 is 4.42 Å². The highest BCUT2D eigenvalue weighted by Crippen LogP contribution is 2.49. The Labute approximate surface area is 265 Å². The third kappa shape index (κ3) is 3.48. The summed E-state index contributed by atoms with van der Waals surface area (Å²) in [5, 5.41) is 7.76. The number of nitrogens with zero attached hydrogens (tertiary/aromatic N) is 2. The zero-order valence-electron chi connectivity index (χ0n) is 25.5. The van der Waals surface area contributed by atoms with Crippen molar-refractivity contribution in [3.63, 3.8) is 0 Å². The molecule has 1 aliphatic carbocycles. The fraction of sp³-hybridized carbons (Fsp3) is 0.0698. The molecule has 0 spiro atoms. The Morgan fingerprint density at radius 1 is 0.522 bits per heavy atom. The summed E-state index contributed by atoms with van der Waals surface area (Å²) in [6.07, 6.45) is 0. The van der Waals surface area contributed by atoms with E-state index in [1.165, 1.54) is 33.0 Å². The molecular weight excluding hydrogens is 560 g/mol. The fourth-order valence-electron chi connectivity index (χ4n) is 7.71. The summed E-state index contributed by atoms with van der Waals surface area (Å²) >= 11 is 0. The van der Waals surface area contributed by atoms with Crippen LogP contribution in [0.25, 0.3) is 88.2 Å². The quantitative estimate of drug-likeness (QED) is 0.202. The van der Waals surface area contributed by atoms with Crippen LogP contribution < -0.4 is 0 Å². The minimum atomic E-state index is -0.116. The molecule has 0 fully saturated rings. The molecule has 10 rings (SSSR count). The lowest BCUT2D eigenvalue weighted by Gasteiger charge is -2.22. The first-order valence-electron chi connectivity index (χ1n) is 15.8. The number of hydrogen-bond acceptors (Lipinski definition) is 3. The maximum Gasteiger partial charge on any atom is 0.160 e. The Morgan fingerprint density at radius 2 is 1.24 bits per heavy atom. The zero-order valence-corrected chi connectivity index (χ0v) is 25.5. The average Bonchev–Trinajstić information content (AvgIpc) is 3.60. The van der Waals surface area contributed by atoms with E-state index in [0.717, 1.165) is 60.4 Å². The number of benzene rings is 7. The lowest BCUT2D eigenvalue weighted by Crippen LogP contribution is -2.15. The highest BCUT2D eigenvalue weighted by Gasteiger charge is 2.35. The number of aromatic nitrogens is 2. The molecule has 0 radical (unpaired) electrons. The molecule has 1 aliphatic rings. The van der Waals surface area contributed by atoms with E-state index in [1.54, 1.807) is 0 Å². The fourth-order valence-corrected chi connectivity index (χ4v) is 7.71. The third-order valence-corrected chi connectivity index (χ3v) is 10.1. The molecule has 0 bridgehead atoms. The van der Waals surface area contributed by atoms with Gasteiger partial charge in [-0.1, -0.05) is 117 Å². The van der Waals surface area contributed by atoms with E-state index in [-0.39, 0.29) is 5.41 Å². The molecule has 0 saturated heterocycles. The predicted octanol–water partition coefficient (Wildman–Crippen LogP) is 11.5. The van der Waals surface area contributed by atoms with Crippen LogP contribution >= 0.6 is 0 Å². The van der Waals surface area contributed by atoms with Crippen LogP contribution in [0, 0.1) is 0 Å². The predicted molar refractivity (Wildman–Crippen MR) is 190 cm³/mol. The van der Waals surface area contributed by atoms with Crippen molar-refractivity contribution in [2.45, 2.75) is 19.3 Å². The van der Waals surface area contributed by atoms with Gasteiger partial charge in [-0.05, 0) is 68.7 Å². The van der Waals surface area contributed by atoms with E-state index in [9.17, 15) is 0 Å². The molecule has 3 heteroatoms. The molecule has 7 aromatic carbocycles. The summed E-state index contributed by atoms with van der Waals surface area (Å²) < 4.78 is 6.59. The second-order valence-corrected chi connectivity index (χ2v) is 13.0. The Balaban J connectivity index is 1.29. The van der Waals surface area contributed by atoms with Crippen LogP contribution in [0.1, 0.15) is 25.0 Å². The standard InChI is InChI=1S/C43H28N2O/c1-43(2)35-14-8-7-13-31(35)32-19-18-29(24-36(32)43)42-44-39(28-16-15-25-9-3-4-11-27(25)23-28)34-21-22-37-38(40(34)45-42)33-20-17-26-10-5-6-12-30(26)41(33)46-37/h3-24H,1-2H3. The smallest absolute Gasteiger partial charge is 0.160 e. The van der Waals surface area contributed by atoms with Crippen LogP contribution in [0.5, 0.6) is 0 Å². The van der Waals surface area contributed by atoms with Crippen molar-refractivity contribution in [3.05, 3.63) is 145 Å². The Bertz CT molecular complexity index is 2730. The summed E-state index contributed by atoms with van der Waals surface area (Å²) in [6.45, 7) is 4.63. The number of furan rings is 1. The van der Waals surface area contributed by atoms with Gasteiger partial charge in [0.15, 0.2) is 5.82 Å². The maximum atomic E-state index is 6.59. The van der Waals surface area contributed by atoms with Gasteiger partial charge in [0.05, 0.1) is 16.6 Å². The number of rotatable bonds is 2. The van der Waals surface area contributed by atoms with Crippen LogP contribution in [0.2, 0.25) is 0 Å². The van der Waals surface area contributed by atoms with E-state index in [2.05, 4.69) is 147 Å². The summed E-state index contributed by atoms with van der Waals surface area (Å²) in [5.74, 6) is 0.716. The lowest BCUT2D eigenvalue weighted by molar-refractivity contribution is 0.660. The van der Waals surface area contributed by atoms with Crippen LogP contribution in [0.3, 0.4) is 0 Å². The first-order valence-corrected chi connectivity index (χ1v) is 15.8. The molecule has 0 saturated carbocycles. The summed E-state index contributed by atoms with van der Waals surface area (Å²) in [4.78, 5) is 10.7. The molecule has 2 heterocycles. The number of fused-ring (bicyclic) bond motifs is 11. The zero-order chi connectivity index (χ0) is 30.6. The summed E-state index contributed by atoms with van der Waals surface area (Å²) in [7, 11) is 0. The van der Waals surface area contributed by atoms with Crippen LogP contribution in [0.4, 0.5) is 0 Å². The average molecular weight is 589 g/mol. The first-order chi connectivity index (χ1) is 22.5. The van der Waals surface area contributed by atoms with Crippen molar-refractivity contribution >= 4 is 54.4 Å². The molecule has 0 unspecified atom stereocenters. The van der Waals surface area contributed by atoms with Crippen LogP contribution in [0.15, 0.2) is 138 Å². The number of hydrogen-bond donors (Lipinski definition) is 0. The maximum absolute atomic E-state index is 6.59. The highest BCUT2D eigenvalue weighted by molar-refractivity contribution is 6.23.